The van der Waals surface area contributed by atoms with E-state index in [0.29, 0.717) is 11.0 Å². The molecular formula is C15H22N4O2S. The lowest BCUT2D eigenvalue weighted by Gasteiger charge is -2.15. The molecule has 0 radical (unpaired) electrons. The van der Waals surface area contributed by atoms with Crippen molar-refractivity contribution in [3.63, 3.8) is 0 Å². The number of aryl methyl sites for hydroxylation is 2. The molecule has 2 aromatic heterocycles. The summed E-state index contributed by atoms with van der Waals surface area (Å²) in [5.74, 6) is 1.40. The van der Waals surface area contributed by atoms with Crippen molar-refractivity contribution in [1.82, 2.24) is 14.8 Å². The summed E-state index contributed by atoms with van der Waals surface area (Å²) >= 11 is 1.31. The normalized spacial score (nSPS) is 13.9. The Balaban J connectivity index is 2.01. The zero-order valence-electron chi connectivity index (χ0n) is 13.6. The second-order valence-corrected chi connectivity index (χ2v) is 6.58. The van der Waals surface area contributed by atoms with Crippen LogP contribution in [0.5, 0.6) is 0 Å². The summed E-state index contributed by atoms with van der Waals surface area (Å²) in [7, 11) is 0. The first kappa shape index (κ1) is 16.6. The van der Waals surface area contributed by atoms with Crippen molar-refractivity contribution in [1.29, 1.82) is 0 Å². The average molecular weight is 322 g/mol. The van der Waals surface area contributed by atoms with Gasteiger partial charge in [-0.3, -0.25) is 4.79 Å². The molecule has 0 fully saturated rings. The van der Waals surface area contributed by atoms with Crippen molar-refractivity contribution in [3.8, 4) is 0 Å². The van der Waals surface area contributed by atoms with E-state index in [1.807, 2.05) is 25.5 Å². The Labute approximate surface area is 134 Å². The highest BCUT2D eigenvalue weighted by Crippen LogP contribution is 2.25. The molecule has 6 nitrogen and oxygen atoms in total. The van der Waals surface area contributed by atoms with Crippen LogP contribution in [-0.2, 0) is 4.79 Å². The quantitative estimate of drug-likeness (QED) is 0.823. The molecule has 0 aliphatic carbocycles. The average Bonchev–Trinajstić information content (AvgIpc) is 3.05. The molecule has 2 heterocycles. The highest BCUT2D eigenvalue weighted by atomic mass is 32.2. The number of thioether (sulfide) groups is 1. The number of hydrogen-bond donors (Lipinski definition) is 1. The maximum atomic E-state index is 12.3. The van der Waals surface area contributed by atoms with Crippen molar-refractivity contribution in [2.24, 2.45) is 0 Å². The fourth-order valence-electron chi connectivity index (χ4n) is 1.86. The van der Waals surface area contributed by atoms with E-state index in [1.165, 1.54) is 11.8 Å². The molecule has 0 saturated carbocycles. The van der Waals surface area contributed by atoms with Gasteiger partial charge in [-0.2, -0.15) is 5.10 Å². The van der Waals surface area contributed by atoms with Gasteiger partial charge in [-0.05, 0) is 34.1 Å². The smallest absolute Gasteiger partial charge is 0.256 e. The van der Waals surface area contributed by atoms with Crippen LogP contribution in [0.1, 0.15) is 44.7 Å². The van der Waals surface area contributed by atoms with Crippen LogP contribution in [0.2, 0.25) is 0 Å². The van der Waals surface area contributed by atoms with Crippen LogP contribution < -0.4 is 5.32 Å². The van der Waals surface area contributed by atoms with Crippen molar-refractivity contribution in [3.05, 3.63) is 23.7 Å². The molecule has 1 N–H and O–H groups in total. The number of nitrogens with zero attached hydrogens (tertiary/aromatic N) is 3. The van der Waals surface area contributed by atoms with E-state index in [1.54, 1.807) is 12.3 Å². The molecule has 2 rings (SSSR count). The molecule has 0 aliphatic heterocycles. The number of rotatable bonds is 6. The minimum Gasteiger partial charge on any atom is -0.437 e. The topological polar surface area (TPSA) is 73.0 Å². The van der Waals surface area contributed by atoms with Crippen LogP contribution in [-0.4, -0.2) is 25.9 Å². The SMILES string of the molecule is CC[C@@H](C)n1nccc1NC(=O)[C@H](C)Sc1nc(C)c(C)o1. The second-order valence-electron chi connectivity index (χ2n) is 5.29. The number of amides is 1. The molecule has 2 atom stereocenters. The predicted octanol–water partition coefficient (Wildman–Crippen LogP) is 3.58. The molecule has 1 amide bonds. The number of anilines is 1. The first-order chi connectivity index (χ1) is 10.4. The standard InChI is InChI=1S/C15H22N4O2S/c1-6-9(2)19-13(7-8-16-19)18-14(20)12(5)22-15-17-10(3)11(4)21-15/h7-9,12H,6H2,1-5H3,(H,18,20)/t9-,12+/m1/s1. The van der Waals surface area contributed by atoms with E-state index in [2.05, 4.69) is 29.2 Å². The van der Waals surface area contributed by atoms with Crippen LogP contribution in [0, 0.1) is 13.8 Å². The summed E-state index contributed by atoms with van der Waals surface area (Å²) < 4.78 is 7.33. The lowest BCUT2D eigenvalue weighted by Crippen LogP contribution is -2.24. The predicted molar refractivity (Wildman–Crippen MR) is 87.2 cm³/mol. The van der Waals surface area contributed by atoms with Gasteiger partial charge in [0.25, 0.3) is 5.22 Å². The first-order valence-electron chi connectivity index (χ1n) is 7.37. The second kappa shape index (κ2) is 7.00. The van der Waals surface area contributed by atoms with Gasteiger partial charge in [0.1, 0.15) is 11.6 Å². The van der Waals surface area contributed by atoms with Crippen molar-refractivity contribution >= 4 is 23.5 Å². The molecule has 2 aromatic rings. The Hall–Kier alpha value is -1.76. The van der Waals surface area contributed by atoms with E-state index in [9.17, 15) is 4.79 Å². The fourth-order valence-corrected chi connectivity index (χ4v) is 2.69. The number of oxazole rings is 1. The maximum Gasteiger partial charge on any atom is 0.256 e. The van der Waals surface area contributed by atoms with Gasteiger partial charge in [-0.25, -0.2) is 9.67 Å². The van der Waals surface area contributed by atoms with Gasteiger partial charge < -0.3 is 9.73 Å². The lowest BCUT2D eigenvalue weighted by atomic mass is 10.3. The molecule has 0 aromatic carbocycles. The number of carbonyl (C=O) groups is 1. The molecule has 0 saturated heterocycles. The summed E-state index contributed by atoms with van der Waals surface area (Å²) in [5.41, 5.74) is 0.852. The largest absolute Gasteiger partial charge is 0.437 e. The van der Waals surface area contributed by atoms with Gasteiger partial charge in [-0.1, -0.05) is 18.7 Å². The van der Waals surface area contributed by atoms with Gasteiger partial charge in [0.15, 0.2) is 0 Å². The first-order valence-corrected chi connectivity index (χ1v) is 8.25. The van der Waals surface area contributed by atoms with Crippen LogP contribution in [0.3, 0.4) is 0 Å². The molecular weight excluding hydrogens is 300 g/mol. The Morgan fingerprint density at radius 1 is 1.45 bits per heavy atom. The highest BCUT2D eigenvalue weighted by Gasteiger charge is 2.20. The molecule has 22 heavy (non-hydrogen) atoms. The van der Waals surface area contributed by atoms with Gasteiger partial charge in [0.05, 0.1) is 23.2 Å². The zero-order valence-corrected chi connectivity index (χ0v) is 14.4. The van der Waals surface area contributed by atoms with E-state index in [-0.39, 0.29) is 17.2 Å². The van der Waals surface area contributed by atoms with Crippen molar-refractivity contribution < 1.29 is 9.21 Å². The Morgan fingerprint density at radius 2 is 2.18 bits per heavy atom. The molecule has 7 heteroatoms. The zero-order chi connectivity index (χ0) is 16.3. The Bertz CT molecular complexity index is 630. The lowest BCUT2D eigenvalue weighted by molar-refractivity contribution is -0.115. The monoisotopic (exact) mass is 322 g/mol. The fraction of sp³-hybridized carbons (Fsp3) is 0.533. The summed E-state index contributed by atoms with van der Waals surface area (Å²) in [4.78, 5) is 16.6. The van der Waals surface area contributed by atoms with Crippen molar-refractivity contribution in [2.75, 3.05) is 5.32 Å². The van der Waals surface area contributed by atoms with Crippen LogP contribution in [0.4, 0.5) is 5.82 Å². The summed E-state index contributed by atoms with van der Waals surface area (Å²) in [6, 6.07) is 2.05. The third-order valence-corrected chi connectivity index (χ3v) is 4.53. The summed E-state index contributed by atoms with van der Waals surface area (Å²) in [6.07, 6.45) is 2.64. The minimum atomic E-state index is -0.308. The number of carbonyl (C=O) groups excluding carboxylic acids is 1. The third-order valence-electron chi connectivity index (χ3n) is 3.59. The minimum absolute atomic E-state index is 0.0939. The van der Waals surface area contributed by atoms with Crippen LogP contribution >= 0.6 is 11.8 Å². The van der Waals surface area contributed by atoms with E-state index in [0.717, 1.165) is 17.9 Å². The Kier molecular flexibility index (Phi) is 5.28. The number of nitrogens with one attached hydrogen (secondary N) is 1. The number of hydrogen-bond acceptors (Lipinski definition) is 5. The summed E-state index contributed by atoms with van der Waals surface area (Å²) in [6.45, 7) is 9.74. The van der Waals surface area contributed by atoms with E-state index >= 15 is 0 Å². The maximum absolute atomic E-state index is 12.3. The van der Waals surface area contributed by atoms with Crippen molar-refractivity contribution in [2.45, 2.75) is 57.6 Å². The van der Waals surface area contributed by atoms with Gasteiger partial charge in [-0.15, -0.1) is 0 Å². The van der Waals surface area contributed by atoms with E-state index < -0.39 is 0 Å². The van der Waals surface area contributed by atoms with Gasteiger partial charge >= 0.3 is 0 Å². The highest BCUT2D eigenvalue weighted by molar-refractivity contribution is 8.00. The van der Waals surface area contributed by atoms with Gasteiger partial charge in [0, 0.05) is 6.07 Å². The van der Waals surface area contributed by atoms with Crippen LogP contribution in [0.15, 0.2) is 21.9 Å². The molecule has 0 unspecified atom stereocenters. The molecule has 0 spiro atoms. The van der Waals surface area contributed by atoms with Crippen LogP contribution in [0.25, 0.3) is 0 Å². The molecule has 0 aliphatic rings. The molecule has 0 bridgehead atoms. The summed E-state index contributed by atoms with van der Waals surface area (Å²) in [5, 5.41) is 7.39. The Morgan fingerprint density at radius 3 is 2.77 bits per heavy atom. The van der Waals surface area contributed by atoms with E-state index in [4.69, 9.17) is 4.42 Å². The number of aromatic nitrogens is 3. The molecule has 120 valence electrons. The van der Waals surface area contributed by atoms with Gasteiger partial charge in [0.2, 0.25) is 5.91 Å². The third kappa shape index (κ3) is 3.71.